The molecule has 2 rings (SSSR count). The van der Waals surface area contributed by atoms with Crippen molar-refractivity contribution in [2.24, 2.45) is 0 Å². The van der Waals surface area contributed by atoms with Crippen LogP contribution in [0.1, 0.15) is 49.5 Å². The van der Waals surface area contributed by atoms with E-state index >= 15 is 0 Å². The molecule has 4 heteroatoms. The Morgan fingerprint density at radius 3 is 2.24 bits per heavy atom. The molecule has 0 aliphatic heterocycles. The highest BCUT2D eigenvalue weighted by atomic mass is 16.5. The van der Waals surface area contributed by atoms with Crippen LogP contribution < -0.4 is 14.8 Å². The van der Waals surface area contributed by atoms with Gasteiger partial charge in [0, 0.05) is 11.3 Å². The molecule has 0 aliphatic rings. The summed E-state index contributed by atoms with van der Waals surface area (Å²) < 4.78 is 11.1. The van der Waals surface area contributed by atoms with Gasteiger partial charge in [-0.05, 0) is 62.6 Å². The summed E-state index contributed by atoms with van der Waals surface area (Å²) in [5.74, 6) is 1.08. The Kier molecular flexibility index (Phi) is 7.33. The number of unbranched alkanes of at least 4 members (excludes halogenated alkanes) is 1. The molecule has 0 aromatic heterocycles. The second-order valence-electron chi connectivity index (χ2n) is 5.78. The molecule has 2 aromatic rings. The van der Waals surface area contributed by atoms with E-state index in [4.69, 9.17) is 9.47 Å². The summed E-state index contributed by atoms with van der Waals surface area (Å²) in [4.78, 5) is 12.5. The van der Waals surface area contributed by atoms with E-state index in [-0.39, 0.29) is 5.91 Å². The first-order valence-electron chi connectivity index (χ1n) is 8.97. The number of nitrogens with one attached hydrogen (secondary N) is 1. The van der Waals surface area contributed by atoms with Crippen LogP contribution in [0.15, 0.2) is 42.5 Å². The SMILES string of the molecule is CCCCc1ccc(NC(=O)c2ccc(OCC)c(OCC)c2)cc1. The monoisotopic (exact) mass is 341 g/mol. The number of aryl methyl sites for hydroxylation is 1. The van der Waals surface area contributed by atoms with E-state index in [1.165, 1.54) is 18.4 Å². The number of hydrogen-bond acceptors (Lipinski definition) is 3. The molecule has 0 heterocycles. The van der Waals surface area contributed by atoms with Gasteiger partial charge in [-0.25, -0.2) is 0 Å². The van der Waals surface area contributed by atoms with Gasteiger partial charge >= 0.3 is 0 Å². The average Bonchev–Trinajstić information content (AvgIpc) is 2.63. The topological polar surface area (TPSA) is 47.6 Å². The van der Waals surface area contributed by atoms with Gasteiger partial charge in [-0.1, -0.05) is 25.5 Å². The predicted octanol–water partition coefficient (Wildman–Crippen LogP) is 5.08. The van der Waals surface area contributed by atoms with E-state index in [1.807, 2.05) is 26.0 Å². The van der Waals surface area contributed by atoms with E-state index in [0.29, 0.717) is 30.3 Å². The quantitative estimate of drug-likeness (QED) is 0.692. The summed E-state index contributed by atoms with van der Waals surface area (Å²) in [5.41, 5.74) is 2.62. The Labute approximate surface area is 150 Å². The molecule has 0 saturated heterocycles. The van der Waals surface area contributed by atoms with Crippen molar-refractivity contribution in [3.8, 4) is 11.5 Å². The molecule has 25 heavy (non-hydrogen) atoms. The minimum absolute atomic E-state index is 0.162. The van der Waals surface area contributed by atoms with E-state index in [0.717, 1.165) is 12.1 Å². The predicted molar refractivity (Wildman–Crippen MR) is 102 cm³/mol. The molecule has 4 nitrogen and oxygen atoms in total. The number of anilines is 1. The molecule has 134 valence electrons. The van der Waals surface area contributed by atoms with Gasteiger partial charge in [-0.3, -0.25) is 4.79 Å². The van der Waals surface area contributed by atoms with Crippen LogP contribution in [0.5, 0.6) is 11.5 Å². The van der Waals surface area contributed by atoms with Crippen molar-refractivity contribution in [2.45, 2.75) is 40.0 Å². The maximum Gasteiger partial charge on any atom is 0.255 e. The third kappa shape index (κ3) is 5.52. The molecule has 0 bridgehead atoms. The molecule has 0 fully saturated rings. The summed E-state index contributed by atoms with van der Waals surface area (Å²) in [7, 11) is 0. The molecular formula is C21H27NO3. The van der Waals surface area contributed by atoms with Crippen molar-refractivity contribution in [2.75, 3.05) is 18.5 Å². The normalized spacial score (nSPS) is 10.4. The maximum absolute atomic E-state index is 12.5. The van der Waals surface area contributed by atoms with Gasteiger partial charge < -0.3 is 14.8 Å². The van der Waals surface area contributed by atoms with Crippen LogP contribution in [0.25, 0.3) is 0 Å². The van der Waals surface area contributed by atoms with Crippen molar-refractivity contribution < 1.29 is 14.3 Å². The lowest BCUT2D eigenvalue weighted by Crippen LogP contribution is -2.12. The number of carbonyl (C=O) groups is 1. The first kappa shape index (κ1) is 18.8. The second-order valence-corrected chi connectivity index (χ2v) is 5.78. The minimum atomic E-state index is -0.162. The van der Waals surface area contributed by atoms with Crippen LogP contribution in [0.2, 0.25) is 0 Å². The van der Waals surface area contributed by atoms with Crippen LogP contribution in [0, 0.1) is 0 Å². The molecule has 0 aliphatic carbocycles. The maximum atomic E-state index is 12.5. The summed E-state index contributed by atoms with van der Waals surface area (Å²) in [6, 6.07) is 13.3. The number of hydrogen-bond donors (Lipinski definition) is 1. The van der Waals surface area contributed by atoms with Crippen molar-refractivity contribution in [3.63, 3.8) is 0 Å². The minimum Gasteiger partial charge on any atom is -0.490 e. The Balaban J connectivity index is 2.08. The van der Waals surface area contributed by atoms with Gasteiger partial charge in [0.2, 0.25) is 0 Å². The van der Waals surface area contributed by atoms with Crippen LogP contribution in [-0.4, -0.2) is 19.1 Å². The van der Waals surface area contributed by atoms with Gasteiger partial charge in [0.25, 0.3) is 5.91 Å². The van der Waals surface area contributed by atoms with Crippen LogP contribution in [0.3, 0.4) is 0 Å². The van der Waals surface area contributed by atoms with E-state index in [2.05, 4.69) is 24.4 Å². The van der Waals surface area contributed by atoms with Gasteiger partial charge in [0.05, 0.1) is 13.2 Å². The molecular weight excluding hydrogens is 314 g/mol. The summed E-state index contributed by atoms with van der Waals surface area (Å²) in [5, 5.41) is 2.93. The molecule has 0 radical (unpaired) electrons. The zero-order valence-electron chi connectivity index (χ0n) is 15.3. The van der Waals surface area contributed by atoms with E-state index in [9.17, 15) is 4.79 Å². The average molecular weight is 341 g/mol. The number of ether oxygens (including phenoxy) is 2. The standard InChI is InChI=1S/C21H27NO3/c1-4-7-8-16-9-12-18(13-10-16)22-21(23)17-11-14-19(24-5-2)20(15-17)25-6-3/h9-15H,4-8H2,1-3H3,(H,22,23). The number of rotatable bonds is 9. The fraction of sp³-hybridized carbons (Fsp3) is 0.381. The third-order valence-electron chi connectivity index (χ3n) is 3.84. The molecule has 0 spiro atoms. The molecule has 0 saturated carbocycles. The largest absolute Gasteiger partial charge is 0.490 e. The van der Waals surface area contributed by atoms with Crippen molar-refractivity contribution in [3.05, 3.63) is 53.6 Å². The van der Waals surface area contributed by atoms with Crippen molar-refractivity contribution in [1.29, 1.82) is 0 Å². The summed E-state index contributed by atoms with van der Waals surface area (Å²) in [6.45, 7) is 7.07. The highest BCUT2D eigenvalue weighted by Crippen LogP contribution is 2.29. The number of carbonyl (C=O) groups excluding carboxylic acids is 1. The number of benzene rings is 2. The lowest BCUT2D eigenvalue weighted by atomic mass is 10.1. The first-order valence-corrected chi connectivity index (χ1v) is 8.97. The van der Waals surface area contributed by atoms with Gasteiger partial charge in [0.15, 0.2) is 11.5 Å². The van der Waals surface area contributed by atoms with E-state index in [1.54, 1.807) is 18.2 Å². The van der Waals surface area contributed by atoms with Crippen molar-refractivity contribution >= 4 is 11.6 Å². The third-order valence-corrected chi connectivity index (χ3v) is 3.84. The number of amides is 1. The first-order chi connectivity index (χ1) is 12.2. The fourth-order valence-corrected chi connectivity index (χ4v) is 2.53. The van der Waals surface area contributed by atoms with Crippen LogP contribution >= 0.6 is 0 Å². The van der Waals surface area contributed by atoms with Gasteiger partial charge in [-0.15, -0.1) is 0 Å². The lowest BCUT2D eigenvalue weighted by molar-refractivity contribution is 0.102. The van der Waals surface area contributed by atoms with Gasteiger partial charge in [0.1, 0.15) is 0 Å². The van der Waals surface area contributed by atoms with Crippen LogP contribution in [-0.2, 0) is 6.42 Å². The Hall–Kier alpha value is -2.49. The summed E-state index contributed by atoms with van der Waals surface area (Å²) in [6.07, 6.45) is 3.43. The zero-order valence-corrected chi connectivity index (χ0v) is 15.3. The molecule has 2 aromatic carbocycles. The Morgan fingerprint density at radius 2 is 1.60 bits per heavy atom. The molecule has 1 N–H and O–H groups in total. The highest BCUT2D eigenvalue weighted by Gasteiger charge is 2.12. The van der Waals surface area contributed by atoms with Gasteiger partial charge in [-0.2, -0.15) is 0 Å². The second kappa shape index (κ2) is 9.72. The molecule has 0 unspecified atom stereocenters. The lowest BCUT2D eigenvalue weighted by Gasteiger charge is -2.12. The zero-order chi connectivity index (χ0) is 18.1. The van der Waals surface area contributed by atoms with Crippen LogP contribution in [0.4, 0.5) is 5.69 Å². The smallest absolute Gasteiger partial charge is 0.255 e. The molecule has 0 atom stereocenters. The Morgan fingerprint density at radius 1 is 0.920 bits per heavy atom. The fourth-order valence-electron chi connectivity index (χ4n) is 2.53. The van der Waals surface area contributed by atoms with Crippen molar-refractivity contribution in [1.82, 2.24) is 0 Å². The van der Waals surface area contributed by atoms with E-state index < -0.39 is 0 Å². The Bertz CT molecular complexity index is 680. The molecule has 1 amide bonds. The highest BCUT2D eigenvalue weighted by molar-refractivity contribution is 6.04. The summed E-state index contributed by atoms with van der Waals surface area (Å²) >= 11 is 0.